The van der Waals surface area contributed by atoms with Crippen LogP contribution in [0.2, 0.25) is 0 Å². The van der Waals surface area contributed by atoms with Gasteiger partial charge in [-0.1, -0.05) is 0 Å². The number of piperidine rings is 1. The summed E-state index contributed by atoms with van der Waals surface area (Å²) in [5.41, 5.74) is 6.31. The van der Waals surface area contributed by atoms with Crippen molar-refractivity contribution in [3.05, 3.63) is 0 Å². The second-order valence-corrected chi connectivity index (χ2v) is 5.77. The average Bonchev–Trinajstić information content (AvgIpc) is 2.01. The highest BCUT2D eigenvalue weighted by molar-refractivity contribution is 4.96. The molecular weight excluding hydrogens is 172 g/mol. The third-order valence-corrected chi connectivity index (χ3v) is 3.62. The first-order valence-electron chi connectivity index (χ1n) is 5.88. The molecule has 0 atom stereocenters. The third kappa shape index (κ3) is 2.48. The summed E-state index contributed by atoms with van der Waals surface area (Å²) in [6.45, 7) is 11.4. The van der Waals surface area contributed by atoms with Crippen LogP contribution in [0, 0.1) is 0 Å². The van der Waals surface area contributed by atoms with Gasteiger partial charge in [-0.15, -0.1) is 0 Å². The number of hydrogen-bond acceptors (Lipinski definition) is 2. The van der Waals surface area contributed by atoms with E-state index in [0.717, 1.165) is 19.5 Å². The van der Waals surface area contributed by atoms with E-state index in [4.69, 9.17) is 5.73 Å². The van der Waals surface area contributed by atoms with Crippen LogP contribution in [0.25, 0.3) is 0 Å². The molecule has 0 unspecified atom stereocenters. The van der Waals surface area contributed by atoms with Crippen molar-refractivity contribution in [2.75, 3.05) is 13.1 Å². The van der Waals surface area contributed by atoms with E-state index < -0.39 is 0 Å². The summed E-state index contributed by atoms with van der Waals surface area (Å²) < 4.78 is 0. The Labute approximate surface area is 88.8 Å². The van der Waals surface area contributed by atoms with E-state index in [1.54, 1.807) is 0 Å². The molecule has 0 saturated carbocycles. The maximum atomic E-state index is 5.60. The van der Waals surface area contributed by atoms with E-state index >= 15 is 0 Å². The van der Waals surface area contributed by atoms with Crippen molar-refractivity contribution in [1.82, 2.24) is 4.90 Å². The Hall–Kier alpha value is -0.0800. The van der Waals surface area contributed by atoms with Gasteiger partial charge in [-0.2, -0.15) is 0 Å². The summed E-state index contributed by atoms with van der Waals surface area (Å²) in [4.78, 5) is 2.65. The molecule has 0 aromatic rings. The molecule has 2 nitrogen and oxygen atoms in total. The van der Waals surface area contributed by atoms with Crippen LogP contribution in [0.1, 0.15) is 53.4 Å². The zero-order chi connectivity index (χ0) is 10.8. The second-order valence-electron chi connectivity index (χ2n) is 5.77. The Bertz CT molecular complexity index is 169. The molecule has 0 spiro atoms. The van der Waals surface area contributed by atoms with Crippen LogP contribution in [-0.2, 0) is 0 Å². The number of nitrogens with zero attached hydrogens (tertiary/aromatic N) is 1. The summed E-state index contributed by atoms with van der Waals surface area (Å²) in [6.07, 6.45) is 5.12. The summed E-state index contributed by atoms with van der Waals surface area (Å²) >= 11 is 0. The van der Waals surface area contributed by atoms with Gasteiger partial charge in [0.25, 0.3) is 0 Å². The number of nitrogens with two attached hydrogens (primary N) is 1. The zero-order valence-corrected chi connectivity index (χ0v) is 10.3. The predicted octanol–water partition coefficient (Wildman–Crippen LogP) is 2.38. The first kappa shape index (κ1) is 12.0. The SMILES string of the molecule is CC1(C)CCCC(C)(C)N1CCCN. The zero-order valence-electron chi connectivity index (χ0n) is 10.3. The Kier molecular flexibility index (Phi) is 3.59. The highest BCUT2D eigenvalue weighted by atomic mass is 15.3. The largest absolute Gasteiger partial charge is 0.330 e. The standard InChI is InChI=1S/C12H26N2/c1-11(2)7-5-8-12(3,4)14(11)10-6-9-13/h5-10,13H2,1-4H3. The monoisotopic (exact) mass is 198 g/mol. The molecule has 1 fully saturated rings. The van der Waals surface area contributed by atoms with E-state index in [1.165, 1.54) is 19.3 Å². The van der Waals surface area contributed by atoms with Crippen molar-refractivity contribution in [2.24, 2.45) is 5.73 Å². The van der Waals surface area contributed by atoms with Crippen LogP contribution in [0.4, 0.5) is 0 Å². The van der Waals surface area contributed by atoms with Crippen molar-refractivity contribution in [2.45, 2.75) is 64.5 Å². The fourth-order valence-corrected chi connectivity index (χ4v) is 2.90. The first-order valence-corrected chi connectivity index (χ1v) is 5.88. The van der Waals surface area contributed by atoms with Crippen molar-refractivity contribution in [1.29, 1.82) is 0 Å². The Balaban J connectivity index is 2.70. The van der Waals surface area contributed by atoms with E-state index in [1.807, 2.05) is 0 Å². The average molecular weight is 198 g/mol. The van der Waals surface area contributed by atoms with Crippen molar-refractivity contribution in [3.8, 4) is 0 Å². The second kappa shape index (κ2) is 4.19. The van der Waals surface area contributed by atoms with Gasteiger partial charge in [0, 0.05) is 17.6 Å². The highest BCUT2D eigenvalue weighted by Gasteiger charge is 2.40. The van der Waals surface area contributed by atoms with Gasteiger partial charge < -0.3 is 5.73 Å². The predicted molar refractivity (Wildman–Crippen MR) is 62.4 cm³/mol. The minimum Gasteiger partial charge on any atom is -0.330 e. The molecule has 2 heteroatoms. The molecule has 2 N–H and O–H groups in total. The first-order chi connectivity index (χ1) is 6.40. The molecule has 0 aromatic carbocycles. The Morgan fingerprint density at radius 3 is 2.00 bits per heavy atom. The quantitative estimate of drug-likeness (QED) is 0.754. The Morgan fingerprint density at radius 1 is 1.07 bits per heavy atom. The van der Waals surface area contributed by atoms with Gasteiger partial charge in [0.1, 0.15) is 0 Å². The summed E-state index contributed by atoms with van der Waals surface area (Å²) in [5, 5.41) is 0. The van der Waals surface area contributed by atoms with E-state index in [-0.39, 0.29) is 0 Å². The van der Waals surface area contributed by atoms with Gasteiger partial charge in [0.15, 0.2) is 0 Å². The molecule has 1 heterocycles. The number of hydrogen-bond donors (Lipinski definition) is 1. The van der Waals surface area contributed by atoms with Crippen LogP contribution < -0.4 is 5.73 Å². The normalized spacial score (nSPS) is 26.4. The molecule has 84 valence electrons. The van der Waals surface area contributed by atoms with Crippen LogP contribution in [0.5, 0.6) is 0 Å². The van der Waals surface area contributed by atoms with Crippen LogP contribution in [0.15, 0.2) is 0 Å². The fraction of sp³-hybridized carbons (Fsp3) is 1.00. The van der Waals surface area contributed by atoms with Crippen LogP contribution >= 0.6 is 0 Å². The summed E-state index contributed by atoms with van der Waals surface area (Å²) in [5.74, 6) is 0. The summed E-state index contributed by atoms with van der Waals surface area (Å²) in [6, 6.07) is 0. The molecule has 0 amide bonds. The minimum absolute atomic E-state index is 0.358. The molecule has 0 bridgehead atoms. The third-order valence-electron chi connectivity index (χ3n) is 3.62. The van der Waals surface area contributed by atoms with Crippen molar-refractivity contribution >= 4 is 0 Å². The maximum Gasteiger partial charge on any atom is 0.0158 e. The lowest BCUT2D eigenvalue weighted by molar-refractivity contribution is -0.0267. The van der Waals surface area contributed by atoms with Crippen molar-refractivity contribution in [3.63, 3.8) is 0 Å². The van der Waals surface area contributed by atoms with E-state index in [9.17, 15) is 0 Å². The van der Waals surface area contributed by atoms with Crippen LogP contribution in [-0.4, -0.2) is 29.1 Å². The number of rotatable bonds is 3. The van der Waals surface area contributed by atoms with Gasteiger partial charge in [0.2, 0.25) is 0 Å². The molecule has 14 heavy (non-hydrogen) atoms. The smallest absolute Gasteiger partial charge is 0.0158 e. The van der Waals surface area contributed by atoms with Crippen LogP contribution in [0.3, 0.4) is 0 Å². The van der Waals surface area contributed by atoms with E-state index in [2.05, 4.69) is 32.6 Å². The minimum atomic E-state index is 0.358. The maximum absolute atomic E-state index is 5.60. The molecule has 0 radical (unpaired) electrons. The van der Waals surface area contributed by atoms with Gasteiger partial charge in [-0.25, -0.2) is 0 Å². The highest BCUT2D eigenvalue weighted by Crippen LogP contribution is 2.37. The molecule has 1 saturated heterocycles. The van der Waals surface area contributed by atoms with Gasteiger partial charge in [0.05, 0.1) is 0 Å². The van der Waals surface area contributed by atoms with Gasteiger partial charge in [-0.05, 0) is 59.9 Å². The molecule has 0 aromatic heterocycles. The van der Waals surface area contributed by atoms with Crippen molar-refractivity contribution < 1.29 is 0 Å². The molecular formula is C12H26N2. The fourth-order valence-electron chi connectivity index (χ4n) is 2.90. The molecule has 1 rings (SSSR count). The molecule has 1 aliphatic rings. The lowest BCUT2D eigenvalue weighted by Crippen LogP contribution is -2.58. The van der Waals surface area contributed by atoms with Gasteiger partial charge in [-0.3, -0.25) is 4.90 Å². The van der Waals surface area contributed by atoms with Gasteiger partial charge >= 0.3 is 0 Å². The molecule has 1 aliphatic heterocycles. The number of likely N-dealkylation sites (tertiary alicyclic amines) is 1. The lowest BCUT2D eigenvalue weighted by atomic mass is 9.80. The Morgan fingerprint density at radius 2 is 1.57 bits per heavy atom. The van der Waals surface area contributed by atoms with E-state index in [0.29, 0.717) is 11.1 Å². The molecule has 0 aliphatic carbocycles. The lowest BCUT2D eigenvalue weighted by Gasteiger charge is -2.53. The summed E-state index contributed by atoms with van der Waals surface area (Å²) in [7, 11) is 0. The topological polar surface area (TPSA) is 29.3 Å².